The zero-order valence-corrected chi connectivity index (χ0v) is 23.8. The van der Waals surface area contributed by atoms with Gasteiger partial charge in [-0.15, -0.1) is 0 Å². The van der Waals surface area contributed by atoms with Crippen molar-refractivity contribution in [1.82, 2.24) is 5.32 Å². The molecular formula is C32H55NO2. The van der Waals surface area contributed by atoms with Crippen LogP contribution in [0, 0.1) is 56.7 Å². The molecule has 3 nitrogen and oxygen atoms in total. The number of fused-ring (bicyclic) bond motifs is 7. The van der Waals surface area contributed by atoms with E-state index in [1.807, 2.05) is 0 Å². The third kappa shape index (κ3) is 3.46. The number of hydrogen-bond acceptors (Lipinski definition) is 3. The minimum atomic E-state index is -0.145. The van der Waals surface area contributed by atoms with Crippen molar-refractivity contribution in [2.45, 2.75) is 112 Å². The molecule has 0 saturated heterocycles. The van der Waals surface area contributed by atoms with Gasteiger partial charge in [0.2, 0.25) is 0 Å². The molecule has 5 aliphatic rings. The van der Waals surface area contributed by atoms with Crippen molar-refractivity contribution in [2.75, 3.05) is 19.7 Å². The van der Waals surface area contributed by atoms with Crippen LogP contribution in [0.4, 0.5) is 0 Å². The molecule has 0 aromatic carbocycles. The highest BCUT2D eigenvalue weighted by atomic mass is 16.3. The highest BCUT2D eigenvalue weighted by molar-refractivity contribution is 5.21. The predicted molar refractivity (Wildman–Crippen MR) is 145 cm³/mol. The van der Waals surface area contributed by atoms with Crippen LogP contribution in [0.15, 0.2) is 12.2 Å². The van der Waals surface area contributed by atoms with Gasteiger partial charge in [0, 0.05) is 13.1 Å². The molecule has 5 aliphatic carbocycles. The first-order valence-electron chi connectivity index (χ1n) is 15.0. The molecular weight excluding hydrogens is 430 g/mol. The summed E-state index contributed by atoms with van der Waals surface area (Å²) in [4.78, 5) is 0. The van der Waals surface area contributed by atoms with Crippen LogP contribution in [0.3, 0.4) is 0 Å². The predicted octanol–water partition coefficient (Wildman–Crippen LogP) is 6.59. The number of hydrogen-bond donors (Lipinski definition) is 3. The summed E-state index contributed by atoms with van der Waals surface area (Å²) < 4.78 is 0. The van der Waals surface area contributed by atoms with Crippen LogP contribution in [0.25, 0.3) is 0 Å². The fourth-order valence-corrected chi connectivity index (χ4v) is 12.0. The second kappa shape index (κ2) is 8.57. The molecule has 0 bridgehead atoms. The van der Waals surface area contributed by atoms with Crippen molar-refractivity contribution in [2.24, 2.45) is 56.7 Å². The number of nitrogens with one attached hydrogen (secondary N) is 1. The lowest BCUT2D eigenvalue weighted by molar-refractivity contribution is -0.247. The molecule has 0 amide bonds. The Morgan fingerprint density at radius 1 is 0.857 bits per heavy atom. The number of rotatable bonds is 5. The van der Waals surface area contributed by atoms with E-state index < -0.39 is 0 Å². The maximum atomic E-state index is 11.0. The minimum Gasteiger partial charge on any atom is -0.395 e. The molecule has 0 radical (unpaired) electrons. The van der Waals surface area contributed by atoms with Crippen molar-refractivity contribution >= 4 is 0 Å². The van der Waals surface area contributed by atoms with Gasteiger partial charge in [0.25, 0.3) is 0 Å². The van der Waals surface area contributed by atoms with Crippen molar-refractivity contribution in [3.8, 4) is 0 Å². The molecule has 200 valence electrons. The van der Waals surface area contributed by atoms with Crippen molar-refractivity contribution < 1.29 is 10.2 Å². The van der Waals surface area contributed by atoms with Crippen LogP contribution in [0.2, 0.25) is 0 Å². The second-order valence-corrected chi connectivity index (χ2v) is 15.3. The van der Waals surface area contributed by atoms with E-state index in [0.29, 0.717) is 33.5 Å². The van der Waals surface area contributed by atoms with E-state index in [-0.39, 0.29) is 18.1 Å². The summed E-state index contributed by atoms with van der Waals surface area (Å²) in [6.07, 6.45) is 12.7. The summed E-state index contributed by atoms with van der Waals surface area (Å²) in [6.45, 7) is 21.6. The van der Waals surface area contributed by atoms with Crippen LogP contribution in [0.5, 0.6) is 0 Å². The first-order chi connectivity index (χ1) is 16.4. The van der Waals surface area contributed by atoms with Gasteiger partial charge >= 0.3 is 0 Å². The lowest BCUT2D eigenvalue weighted by Gasteiger charge is -2.73. The third-order valence-corrected chi connectivity index (χ3v) is 14.0. The molecule has 10 atom stereocenters. The summed E-state index contributed by atoms with van der Waals surface area (Å²) in [7, 11) is 0. The molecule has 10 unspecified atom stereocenters. The number of aliphatic hydroxyl groups is 2. The summed E-state index contributed by atoms with van der Waals surface area (Å²) >= 11 is 0. The zero-order chi connectivity index (χ0) is 25.4. The fraction of sp³-hybridized carbons (Fsp3) is 0.938. The van der Waals surface area contributed by atoms with Gasteiger partial charge < -0.3 is 15.5 Å². The summed E-state index contributed by atoms with van der Waals surface area (Å²) in [6, 6.07) is 0. The first kappa shape index (κ1) is 26.2. The Morgan fingerprint density at radius 3 is 2.29 bits per heavy atom. The van der Waals surface area contributed by atoms with Crippen molar-refractivity contribution in [3.63, 3.8) is 0 Å². The normalized spacial score (nSPS) is 52.7. The lowest BCUT2D eigenvalue weighted by atomic mass is 9.32. The highest BCUT2D eigenvalue weighted by Gasteiger charge is 2.70. The van der Waals surface area contributed by atoms with E-state index in [9.17, 15) is 10.2 Å². The van der Waals surface area contributed by atoms with Gasteiger partial charge in [0.15, 0.2) is 0 Å². The van der Waals surface area contributed by atoms with Gasteiger partial charge in [0.05, 0.1) is 12.7 Å². The van der Waals surface area contributed by atoms with Gasteiger partial charge in [-0.1, -0.05) is 46.8 Å². The average Bonchev–Trinajstić information content (AvgIpc) is 3.17. The standard InChI is InChI=1S/C32H55NO2/c1-21(2)22-10-15-32(20-33-18-19-34)17-16-30(6)23(27(22)32)8-9-25-29(5)13-12-26(35)28(3,4)24(29)11-14-31(25,30)7/h22-27,33-35H,1,8-20H2,2-7H3. The molecule has 0 aliphatic heterocycles. The van der Waals surface area contributed by atoms with Gasteiger partial charge in [-0.3, -0.25) is 0 Å². The molecule has 5 rings (SSSR count). The molecule has 0 aromatic rings. The maximum Gasteiger partial charge on any atom is 0.0594 e. The van der Waals surface area contributed by atoms with Gasteiger partial charge in [-0.05, 0) is 128 Å². The lowest BCUT2D eigenvalue weighted by Crippen LogP contribution is -2.67. The Bertz CT molecular complexity index is 837. The van der Waals surface area contributed by atoms with Gasteiger partial charge in [-0.25, -0.2) is 0 Å². The monoisotopic (exact) mass is 485 g/mol. The Kier molecular flexibility index (Phi) is 6.42. The molecule has 0 aromatic heterocycles. The number of allylic oxidation sites excluding steroid dienone is 1. The van der Waals surface area contributed by atoms with E-state index in [1.165, 1.54) is 63.4 Å². The summed E-state index contributed by atoms with van der Waals surface area (Å²) in [5.41, 5.74) is 2.94. The van der Waals surface area contributed by atoms with Crippen molar-refractivity contribution in [1.29, 1.82) is 0 Å². The SMILES string of the molecule is C=C(C)C1CCC2(CNCCO)CCC3(C)C(CCC4C5(C)CCC(O)C(C)(C)C5CCC43C)C12. The quantitative estimate of drug-likeness (QED) is 0.304. The molecule has 3 heteroatoms. The Morgan fingerprint density at radius 2 is 1.60 bits per heavy atom. The Balaban J connectivity index is 1.51. The Hall–Kier alpha value is -0.380. The molecule has 0 heterocycles. The van der Waals surface area contributed by atoms with Gasteiger partial charge in [-0.2, -0.15) is 0 Å². The largest absolute Gasteiger partial charge is 0.395 e. The Labute approximate surface area is 215 Å². The van der Waals surface area contributed by atoms with Crippen molar-refractivity contribution in [3.05, 3.63) is 12.2 Å². The fourth-order valence-electron chi connectivity index (χ4n) is 12.0. The van der Waals surface area contributed by atoms with Crippen LogP contribution in [-0.2, 0) is 0 Å². The van der Waals surface area contributed by atoms with Crippen LogP contribution >= 0.6 is 0 Å². The van der Waals surface area contributed by atoms with E-state index in [4.69, 9.17) is 0 Å². The van der Waals surface area contributed by atoms with Crippen LogP contribution in [0.1, 0.15) is 106 Å². The summed E-state index contributed by atoms with van der Waals surface area (Å²) in [5.74, 6) is 3.58. The van der Waals surface area contributed by atoms with E-state index >= 15 is 0 Å². The first-order valence-corrected chi connectivity index (χ1v) is 15.0. The minimum absolute atomic E-state index is 0.0304. The third-order valence-electron chi connectivity index (χ3n) is 14.0. The number of aliphatic hydroxyl groups excluding tert-OH is 2. The molecule has 5 fully saturated rings. The van der Waals surface area contributed by atoms with Crippen LogP contribution < -0.4 is 5.32 Å². The van der Waals surface area contributed by atoms with E-state index in [1.54, 1.807) is 0 Å². The smallest absolute Gasteiger partial charge is 0.0594 e. The van der Waals surface area contributed by atoms with Gasteiger partial charge in [0.1, 0.15) is 0 Å². The molecule has 35 heavy (non-hydrogen) atoms. The zero-order valence-electron chi connectivity index (χ0n) is 23.8. The highest BCUT2D eigenvalue weighted by Crippen LogP contribution is 2.77. The maximum absolute atomic E-state index is 11.0. The molecule has 5 saturated carbocycles. The molecule has 0 spiro atoms. The topological polar surface area (TPSA) is 52.5 Å². The second-order valence-electron chi connectivity index (χ2n) is 15.3. The van der Waals surface area contributed by atoms with E-state index in [0.717, 1.165) is 37.3 Å². The summed E-state index contributed by atoms with van der Waals surface area (Å²) in [5, 5.41) is 24.1. The average molecular weight is 486 g/mol. The van der Waals surface area contributed by atoms with E-state index in [2.05, 4.69) is 53.4 Å². The molecule has 3 N–H and O–H groups in total. The van der Waals surface area contributed by atoms with Crippen LogP contribution in [-0.4, -0.2) is 36.0 Å².